The van der Waals surface area contributed by atoms with Crippen LogP contribution in [0.15, 0.2) is 23.1 Å². The predicted molar refractivity (Wildman–Crippen MR) is 81.2 cm³/mol. The number of rotatable bonds is 4. The van der Waals surface area contributed by atoms with E-state index in [0.29, 0.717) is 18.0 Å². The molecule has 0 spiro atoms. The van der Waals surface area contributed by atoms with Crippen LogP contribution in [0.25, 0.3) is 0 Å². The minimum atomic E-state index is -3.63. The highest BCUT2D eigenvalue weighted by atomic mass is 32.2. The number of likely N-dealkylation sites (tertiary alicyclic amines) is 1. The van der Waals surface area contributed by atoms with Crippen LogP contribution in [-0.4, -0.2) is 51.4 Å². The molecule has 0 atom stereocenters. The van der Waals surface area contributed by atoms with Gasteiger partial charge in [0.2, 0.25) is 10.0 Å². The number of benzene rings is 1. The maximum atomic E-state index is 13.4. The molecule has 1 fully saturated rings. The molecule has 0 saturated carbocycles. The van der Waals surface area contributed by atoms with Crippen molar-refractivity contribution in [2.75, 3.05) is 33.7 Å². The summed E-state index contributed by atoms with van der Waals surface area (Å²) < 4.78 is 39.9. The Labute approximate surface area is 126 Å². The van der Waals surface area contributed by atoms with Crippen molar-refractivity contribution in [1.82, 2.24) is 9.21 Å². The van der Waals surface area contributed by atoms with Crippen molar-refractivity contribution in [3.63, 3.8) is 0 Å². The Morgan fingerprint density at radius 2 is 1.95 bits per heavy atom. The van der Waals surface area contributed by atoms with Crippen molar-refractivity contribution in [3.8, 4) is 0 Å². The fraction of sp³-hybridized carbons (Fsp3) is 0.600. The van der Waals surface area contributed by atoms with Crippen molar-refractivity contribution < 1.29 is 12.8 Å². The van der Waals surface area contributed by atoms with Gasteiger partial charge in [-0.15, -0.1) is 0 Å². The summed E-state index contributed by atoms with van der Waals surface area (Å²) in [6.07, 6.45) is 2.00. The molecule has 1 heterocycles. The molecule has 1 aromatic carbocycles. The van der Waals surface area contributed by atoms with Gasteiger partial charge >= 0.3 is 0 Å². The maximum absolute atomic E-state index is 13.4. The highest BCUT2D eigenvalue weighted by Gasteiger charge is 2.27. The highest BCUT2D eigenvalue weighted by molar-refractivity contribution is 7.89. The molecule has 0 N–H and O–H groups in total. The van der Waals surface area contributed by atoms with Gasteiger partial charge in [-0.1, -0.05) is 6.07 Å². The molecule has 1 aromatic rings. The third-order valence-corrected chi connectivity index (χ3v) is 6.16. The second-order valence-electron chi connectivity index (χ2n) is 5.94. The van der Waals surface area contributed by atoms with E-state index >= 15 is 0 Å². The van der Waals surface area contributed by atoms with E-state index in [1.165, 1.54) is 16.4 Å². The van der Waals surface area contributed by atoms with Gasteiger partial charge in [-0.25, -0.2) is 17.1 Å². The molecule has 1 aliphatic rings. The number of hydrogen-bond acceptors (Lipinski definition) is 3. The summed E-state index contributed by atoms with van der Waals surface area (Å²) in [7, 11) is 0.0322. The number of nitrogens with zero attached hydrogens (tertiary/aromatic N) is 2. The van der Waals surface area contributed by atoms with Crippen molar-refractivity contribution in [1.29, 1.82) is 0 Å². The molecule has 0 unspecified atom stereocenters. The van der Waals surface area contributed by atoms with Gasteiger partial charge in [0.05, 0.1) is 4.90 Å². The molecule has 0 radical (unpaired) electrons. The first-order valence-electron chi connectivity index (χ1n) is 7.21. The van der Waals surface area contributed by atoms with Crippen molar-refractivity contribution >= 4 is 10.0 Å². The molecule has 0 amide bonds. The maximum Gasteiger partial charge on any atom is 0.243 e. The second kappa shape index (κ2) is 6.42. The quantitative estimate of drug-likeness (QED) is 0.854. The van der Waals surface area contributed by atoms with E-state index in [-0.39, 0.29) is 4.90 Å². The van der Waals surface area contributed by atoms with Crippen LogP contribution >= 0.6 is 0 Å². The van der Waals surface area contributed by atoms with E-state index in [1.807, 2.05) is 0 Å². The average molecular weight is 314 g/mol. The summed E-state index contributed by atoms with van der Waals surface area (Å²) in [4.78, 5) is 2.32. The standard InChI is InChI=1S/C15H23FN2O2S/c1-12-4-5-14(16)10-15(12)21(19,20)18(3)11-13-6-8-17(2)9-7-13/h4-5,10,13H,6-9,11H2,1-3H3. The van der Waals surface area contributed by atoms with Crippen LogP contribution in [0, 0.1) is 18.7 Å². The fourth-order valence-corrected chi connectivity index (χ4v) is 4.21. The first-order chi connectivity index (χ1) is 9.80. The zero-order valence-corrected chi connectivity index (χ0v) is 13.7. The molecule has 6 heteroatoms. The lowest BCUT2D eigenvalue weighted by molar-refractivity contribution is 0.202. The van der Waals surface area contributed by atoms with Crippen LogP contribution in [0.3, 0.4) is 0 Å². The minimum absolute atomic E-state index is 0.0675. The highest BCUT2D eigenvalue weighted by Crippen LogP contribution is 2.23. The van der Waals surface area contributed by atoms with Gasteiger partial charge in [-0.3, -0.25) is 0 Å². The van der Waals surface area contributed by atoms with Gasteiger partial charge in [0.25, 0.3) is 0 Å². The fourth-order valence-electron chi connectivity index (χ4n) is 2.73. The van der Waals surface area contributed by atoms with Crippen molar-refractivity contribution in [2.45, 2.75) is 24.7 Å². The van der Waals surface area contributed by atoms with Crippen LogP contribution in [0.1, 0.15) is 18.4 Å². The van der Waals surface area contributed by atoms with E-state index in [9.17, 15) is 12.8 Å². The van der Waals surface area contributed by atoms with Crippen LogP contribution in [0.5, 0.6) is 0 Å². The van der Waals surface area contributed by atoms with Gasteiger partial charge in [0, 0.05) is 13.6 Å². The van der Waals surface area contributed by atoms with Crippen LogP contribution < -0.4 is 0 Å². The molecular weight excluding hydrogens is 291 g/mol. The Hall–Kier alpha value is -0.980. The summed E-state index contributed by atoms with van der Waals surface area (Å²) in [6, 6.07) is 3.90. The lowest BCUT2D eigenvalue weighted by Gasteiger charge is -2.31. The Morgan fingerprint density at radius 1 is 1.33 bits per heavy atom. The Morgan fingerprint density at radius 3 is 2.57 bits per heavy atom. The molecule has 0 aromatic heterocycles. The Bertz CT molecular complexity index is 596. The third kappa shape index (κ3) is 3.81. The summed E-state index contributed by atoms with van der Waals surface area (Å²) in [5.41, 5.74) is 0.576. The summed E-state index contributed by atoms with van der Waals surface area (Å²) in [5.74, 6) is -0.151. The van der Waals surface area contributed by atoms with Gasteiger partial charge in [-0.2, -0.15) is 0 Å². The summed E-state index contributed by atoms with van der Waals surface area (Å²) in [6.45, 7) is 4.18. The van der Waals surface area contributed by atoms with E-state index in [1.54, 1.807) is 14.0 Å². The first-order valence-corrected chi connectivity index (χ1v) is 8.65. The molecule has 21 heavy (non-hydrogen) atoms. The number of aryl methyl sites for hydroxylation is 1. The van der Waals surface area contributed by atoms with Crippen LogP contribution in [0.4, 0.5) is 4.39 Å². The van der Waals surface area contributed by atoms with Gasteiger partial charge in [0.1, 0.15) is 5.82 Å². The Balaban J connectivity index is 2.13. The van der Waals surface area contributed by atoms with Gasteiger partial charge < -0.3 is 4.90 Å². The number of hydrogen-bond donors (Lipinski definition) is 0. The third-order valence-electron chi connectivity index (χ3n) is 4.19. The lowest BCUT2D eigenvalue weighted by atomic mass is 9.97. The van der Waals surface area contributed by atoms with E-state index < -0.39 is 15.8 Å². The van der Waals surface area contributed by atoms with Gasteiger partial charge in [0.15, 0.2) is 0 Å². The first kappa shape index (κ1) is 16.4. The topological polar surface area (TPSA) is 40.6 Å². The zero-order valence-electron chi connectivity index (χ0n) is 12.8. The largest absolute Gasteiger partial charge is 0.306 e. The molecule has 118 valence electrons. The van der Waals surface area contributed by atoms with Crippen molar-refractivity contribution in [3.05, 3.63) is 29.6 Å². The molecular formula is C15H23FN2O2S. The molecule has 0 bridgehead atoms. The van der Waals surface area contributed by atoms with Gasteiger partial charge in [-0.05, 0) is 63.5 Å². The average Bonchev–Trinajstić information content (AvgIpc) is 2.43. The van der Waals surface area contributed by atoms with E-state index in [2.05, 4.69) is 11.9 Å². The smallest absolute Gasteiger partial charge is 0.243 e. The zero-order chi connectivity index (χ0) is 15.6. The summed E-state index contributed by atoms with van der Waals surface area (Å²) >= 11 is 0. The van der Waals surface area contributed by atoms with Crippen molar-refractivity contribution in [2.24, 2.45) is 5.92 Å². The van der Waals surface area contributed by atoms with E-state index in [0.717, 1.165) is 32.0 Å². The Kier molecular flexibility index (Phi) is 5.01. The summed E-state index contributed by atoms with van der Waals surface area (Å²) in [5, 5.41) is 0. The van der Waals surface area contributed by atoms with Crippen LogP contribution in [-0.2, 0) is 10.0 Å². The number of piperidine rings is 1. The molecule has 0 aliphatic carbocycles. The van der Waals surface area contributed by atoms with Crippen LogP contribution in [0.2, 0.25) is 0 Å². The molecule has 4 nitrogen and oxygen atoms in total. The van der Waals surface area contributed by atoms with E-state index in [4.69, 9.17) is 0 Å². The molecule has 1 aliphatic heterocycles. The minimum Gasteiger partial charge on any atom is -0.306 e. The SMILES string of the molecule is Cc1ccc(F)cc1S(=O)(=O)N(C)CC1CCN(C)CC1. The predicted octanol–water partition coefficient (Wildman–Crippen LogP) is 2.10. The second-order valence-corrected chi connectivity index (χ2v) is 7.96. The lowest BCUT2D eigenvalue weighted by Crippen LogP contribution is -2.38. The number of sulfonamides is 1. The number of halogens is 1. The molecule has 2 rings (SSSR count). The molecule has 1 saturated heterocycles. The monoisotopic (exact) mass is 314 g/mol. The normalized spacial score (nSPS) is 18.3.